The van der Waals surface area contributed by atoms with Gasteiger partial charge in [-0.15, -0.1) is 0 Å². The zero-order chi connectivity index (χ0) is 15.6. The molecule has 3 nitrogen and oxygen atoms in total. The highest BCUT2D eigenvalue weighted by atomic mass is 16.5. The van der Waals surface area contributed by atoms with E-state index in [9.17, 15) is 0 Å². The van der Waals surface area contributed by atoms with E-state index in [1.54, 1.807) is 0 Å². The van der Waals surface area contributed by atoms with Crippen LogP contribution in [0.5, 0.6) is 5.75 Å². The number of likely N-dealkylation sites (tertiary alicyclic amines) is 1. The van der Waals surface area contributed by atoms with E-state index in [0.29, 0.717) is 0 Å². The normalized spacial score (nSPS) is 17.7. The molecular formula is C19H32N2O. The van der Waals surface area contributed by atoms with Crippen molar-refractivity contribution < 1.29 is 4.74 Å². The molecule has 0 bridgehead atoms. The molecule has 0 aliphatic carbocycles. The Balaban J connectivity index is 0.000000847. The summed E-state index contributed by atoms with van der Waals surface area (Å²) in [7, 11) is 0. The lowest BCUT2D eigenvalue weighted by Crippen LogP contribution is -2.31. The highest BCUT2D eigenvalue weighted by molar-refractivity contribution is 5.56. The Morgan fingerprint density at radius 1 is 1.09 bits per heavy atom. The second-order valence-corrected chi connectivity index (χ2v) is 5.95. The maximum Gasteiger partial charge on any atom is 0.121 e. The van der Waals surface area contributed by atoms with Crippen LogP contribution in [-0.4, -0.2) is 37.7 Å². The second-order valence-electron chi connectivity index (χ2n) is 5.95. The molecule has 3 rings (SSSR count). The summed E-state index contributed by atoms with van der Waals surface area (Å²) >= 11 is 0. The summed E-state index contributed by atoms with van der Waals surface area (Å²) in [5.74, 6) is 1.01. The van der Waals surface area contributed by atoms with Crippen molar-refractivity contribution in [3.05, 3.63) is 23.8 Å². The molecule has 2 heterocycles. The SMILES string of the molecule is CC.c1cc2c(cc1OCCCN1CCCCC1)NCCC2. The van der Waals surface area contributed by atoms with Crippen molar-refractivity contribution >= 4 is 5.69 Å². The maximum atomic E-state index is 5.90. The quantitative estimate of drug-likeness (QED) is 0.820. The lowest BCUT2D eigenvalue weighted by atomic mass is 10.0. The van der Waals surface area contributed by atoms with Crippen LogP contribution in [0, 0.1) is 0 Å². The summed E-state index contributed by atoms with van der Waals surface area (Å²) in [6.45, 7) is 9.66. The summed E-state index contributed by atoms with van der Waals surface area (Å²) in [5.41, 5.74) is 2.70. The van der Waals surface area contributed by atoms with E-state index in [2.05, 4.69) is 28.4 Å². The summed E-state index contributed by atoms with van der Waals surface area (Å²) in [4.78, 5) is 2.57. The van der Waals surface area contributed by atoms with Crippen LogP contribution in [-0.2, 0) is 6.42 Å². The molecule has 0 spiro atoms. The van der Waals surface area contributed by atoms with E-state index >= 15 is 0 Å². The smallest absolute Gasteiger partial charge is 0.121 e. The first-order valence-electron chi connectivity index (χ1n) is 9.14. The molecule has 1 aromatic carbocycles. The molecule has 0 amide bonds. The van der Waals surface area contributed by atoms with Crippen LogP contribution in [0.1, 0.15) is 51.5 Å². The Bertz CT molecular complexity index is 427. The molecule has 124 valence electrons. The predicted molar refractivity (Wildman–Crippen MR) is 95.0 cm³/mol. The van der Waals surface area contributed by atoms with Crippen molar-refractivity contribution in [3.8, 4) is 5.75 Å². The average Bonchev–Trinajstić information content (AvgIpc) is 2.61. The van der Waals surface area contributed by atoms with Crippen molar-refractivity contribution in [3.63, 3.8) is 0 Å². The third kappa shape index (κ3) is 5.20. The first-order chi connectivity index (χ1) is 10.9. The number of fused-ring (bicyclic) bond motifs is 1. The van der Waals surface area contributed by atoms with E-state index in [1.165, 1.54) is 63.0 Å². The number of benzene rings is 1. The average molecular weight is 304 g/mol. The maximum absolute atomic E-state index is 5.90. The first kappa shape index (κ1) is 17.1. The number of hydrogen-bond acceptors (Lipinski definition) is 3. The molecule has 0 aromatic heterocycles. The molecule has 22 heavy (non-hydrogen) atoms. The molecule has 0 unspecified atom stereocenters. The summed E-state index contributed by atoms with van der Waals surface area (Å²) in [5, 5.41) is 3.46. The number of hydrogen-bond donors (Lipinski definition) is 1. The number of piperidine rings is 1. The number of rotatable bonds is 5. The standard InChI is InChI=1S/C17H26N2O.C2H6/c1-2-10-19(11-3-1)12-5-13-20-16-8-7-15-6-4-9-18-17(15)14-16;1-2/h7-8,14,18H,1-6,9-13H2;1-2H3. The Hall–Kier alpha value is -1.22. The van der Waals surface area contributed by atoms with E-state index < -0.39 is 0 Å². The van der Waals surface area contributed by atoms with Gasteiger partial charge in [-0.25, -0.2) is 0 Å². The molecular weight excluding hydrogens is 272 g/mol. The fourth-order valence-corrected chi connectivity index (χ4v) is 3.19. The molecule has 1 fully saturated rings. The minimum absolute atomic E-state index is 0.829. The van der Waals surface area contributed by atoms with Crippen molar-refractivity contribution in [1.82, 2.24) is 4.90 Å². The number of nitrogens with zero attached hydrogens (tertiary/aromatic N) is 1. The summed E-state index contributed by atoms with van der Waals surface area (Å²) in [6.07, 6.45) is 7.72. The highest BCUT2D eigenvalue weighted by Gasteiger charge is 2.10. The van der Waals surface area contributed by atoms with Gasteiger partial charge in [0.2, 0.25) is 0 Å². The molecule has 1 saturated heterocycles. The number of ether oxygens (including phenoxy) is 1. The van der Waals surface area contributed by atoms with Gasteiger partial charge in [-0.2, -0.15) is 0 Å². The fraction of sp³-hybridized carbons (Fsp3) is 0.684. The molecule has 2 aliphatic heterocycles. The monoisotopic (exact) mass is 304 g/mol. The molecule has 0 radical (unpaired) electrons. The van der Waals surface area contributed by atoms with Crippen LogP contribution >= 0.6 is 0 Å². The van der Waals surface area contributed by atoms with Gasteiger partial charge in [0.1, 0.15) is 5.75 Å². The lowest BCUT2D eigenvalue weighted by Gasteiger charge is -2.26. The van der Waals surface area contributed by atoms with Crippen LogP contribution in [0.25, 0.3) is 0 Å². The minimum atomic E-state index is 0.829. The Kier molecular flexibility index (Phi) is 7.58. The van der Waals surface area contributed by atoms with E-state index in [1.807, 2.05) is 13.8 Å². The van der Waals surface area contributed by atoms with Crippen molar-refractivity contribution in [2.24, 2.45) is 0 Å². The zero-order valence-electron chi connectivity index (χ0n) is 14.4. The zero-order valence-corrected chi connectivity index (χ0v) is 14.4. The van der Waals surface area contributed by atoms with Gasteiger partial charge in [0.15, 0.2) is 0 Å². The largest absolute Gasteiger partial charge is 0.493 e. The van der Waals surface area contributed by atoms with Crippen molar-refractivity contribution in [2.45, 2.75) is 52.4 Å². The van der Waals surface area contributed by atoms with Crippen LogP contribution in [0.2, 0.25) is 0 Å². The van der Waals surface area contributed by atoms with Crippen LogP contribution in [0.4, 0.5) is 5.69 Å². The molecule has 0 saturated carbocycles. The Labute approximate surface area is 136 Å². The van der Waals surface area contributed by atoms with Crippen LogP contribution in [0.3, 0.4) is 0 Å². The summed E-state index contributed by atoms with van der Waals surface area (Å²) in [6, 6.07) is 6.49. The minimum Gasteiger partial charge on any atom is -0.493 e. The third-order valence-electron chi connectivity index (χ3n) is 4.36. The number of anilines is 1. The fourth-order valence-electron chi connectivity index (χ4n) is 3.19. The van der Waals surface area contributed by atoms with Gasteiger partial charge in [-0.3, -0.25) is 0 Å². The number of nitrogens with one attached hydrogen (secondary N) is 1. The van der Waals surface area contributed by atoms with Gasteiger partial charge in [-0.05, 0) is 56.8 Å². The van der Waals surface area contributed by atoms with Crippen LogP contribution < -0.4 is 10.1 Å². The Morgan fingerprint density at radius 2 is 1.91 bits per heavy atom. The van der Waals surface area contributed by atoms with Gasteiger partial charge in [0.05, 0.1) is 6.61 Å². The van der Waals surface area contributed by atoms with Crippen molar-refractivity contribution in [1.29, 1.82) is 0 Å². The van der Waals surface area contributed by atoms with Gasteiger partial charge in [0, 0.05) is 24.8 Å². The molecule has 1 aromatic rings. The molecule has 1 N–H and O–H groups in total. The van der Waals surface area contributed by atoms with E-state index in [4.69, 9.17) is 4.74 Å². The van der Waals surface area contributed by atoms with Gasteiger partial charge in [0.25, 0.3) is 0 Å². The summed E-state index contributed by atoms with van der Waals surface area (Å²) < 4.78 is 5.90. The first-order valence-corrected chi connectivity index (χ1v) is 9.14. The Morgan fingerprint density at radius 3 is 2.73 bits per heavy atom. The second kappa shape index (κ2) is 9.73. The topological polar surface area (TPSA) is 24.5 Å². The van der Waals surface area contributed by atoms with E-state index in [-0.39, 0.29) is 0 Å². The third-order valence-corrected chi connectivity index (χ3v) is 4.36. The molecule has 3 heteroatoms. The molecule has 0 atom stereocenters. The predicted octanol–water partition coefficient (Wildman–Crippen LogP) is 4.33. The molecule has 2 aliphatic rings. The van der Waals surface area contributed by atoms with Crippen LogP contribution in [0.15, 0.2) is 18.2 Å². The van der Waals surface area contributed by atoms with E-state index in [0.717, 1.165) is 25.3 Å². The van der Waals surface area contributed by atoms with Crippen molar-refractivity contribution in [2.75, 3.05) is 38.1 Å². The number of aryl methyl sites for hydroxylation is 1. The lowest BCUT2D eigenvalue weighted by molar-refractivity contribution is 0.205. The van der Waals surface area contributed by atoms with Gasteiger partial charge in [-0.1, -0.05) is 26.3 Å². The van der Waals surface area contributed by atoms with Gasteiger partial charge >= 0.3 is 0 Å². The highest BCUT2D eigenvalue weighted by Crippen LogP contribution is 2.26. The van der Waals surface area contributed by atoms with Gasteiger partial charge < -0.3 is 15.0 Å².